The Bertz CT molecular complexity index is 620. The highest BCUT2D eigenvalue weighted by atomic mass is 32.1. The van der Waals surface area contributed by atoms with E-state index in [-0.39, 0.29) is 12.1 Å². The number of hydrogen-bond acceptors (Lipinski definition) is 6. The van der Waals surface area contributed by atoms with Crippen molar-refractivity contribution in [1.29, 1.82) is 0 Å². The van der Waals surface area contributed by atoms with Gasteiger partial charge in [-0.25, -0.2) is 4.98 Å². The molecule has 1 fully saturated rings. The minimum Gasteiger partial charge on any atom is -0.397 e. The van der Waals surface area contributed by atoms with Crippen LogP contribution in [0.3, 0.4) is 0 Å². The third kappa shape index (κ3) is 2.46. The lowest BCUT2D eigenvalue weighted by molar-refractivity contribution is 0.0380. The van der Waals surface area contributed by atoms with E-state index < -0.39 is 0 Å². The number of aromatic nitrogens is 1. The number of aliphatic hydroxyl groups excluding tert-OH is 1. The van der Waals surface area contributed by atoms with E-state index >= 15 is 0 Å². The summed E-state index contributed by atoms with van der Waals surface area (Å²) in [6.07, 6.45) is 1.55. The topological polar surface area (TPSA) is 80.4 Å². The summed E-state index contributed by atoms with van der Waals surface area (Å²) in [5, 5.41) is 14.2. The minimum atomic E-state index is -0.342. The number of nitrogens with one attached hydrogen (secondary N) is 1. The minimum absolute atomic E-state index is 0.0733. The van der Waals surface area contributed by atoms with Crippen LogP contribution in [0.4, 0.5) is 11.4 Å². The predicted molar refractivity (Wildman–Crippen MR) is 82.3 cm³/mol. The number of rotatable bonds is 3. The second kappa shape index (κ2) is 5.20. The summed E-state index contributed by atoms with van der Waals surface area (Å²) in [5.41, 5.74) is 8.28. The monoisotopic (exact) mass is 293 g/mol. The van der Waals surface area contributed by atoms with Gasteiger partial charge in [0.2, 0.25) is 0 Å². The second-order valence-electron chi connectivity index (χ2n) is 5.32. The Morgan fingerprint density at radius 3 is 2.90 bits per heavy atom. The molecule has 0 atom stereocenters. The fourth-order valence-corrected chi connectivity index (χ4v) is 3.44. The van der Waals surface area contributed by atoms with E-state index in [4.69, 9.17) is 10.5 Å². The Balaban J connectivity index is 1.94. The van der Waals surface area contributed by atoms with Crippen molar-refractivity contribution in [3.63, 3.8) is 0 Å². The number of anilines is 2. The molecule has 6 heteroatoms. The van der Waals surface area contributed by atoms with Crippen LogP contribution >= 0.6 is 11.3 Å². The number of nitrogens with two attached hydrogens (primary N) is 1. The fraction of sp³-hybridized carbons (Fsp3) is 0.500. The molecule has 2 heterocycles. The van der Waals surface area contributed by atoms with E-state index in [1.54, 1.807) is 11.3 Å². The summed E-state index contributed by atoms with van der Waals surface area (Å²) < 4.78 is 6.47. The van der Waals surface area contributed by atoms with Crippen LogP contribution in [0.1, 0.15) is 17.8 Å². The van der Waals surface area contributed by atoms with E-state index in [1.807, 2.05) is 19.1 Å². The number of nitrogen functional groups attached to an aromatic ring is 1. The number of benzene rings is 1. The molecule has 5 nitrogen and oxygen atoms in total. The van der Waals surface area contributed by atoms with Gasteiger partial charge in [0.15, 0.2) is 0 Å². The predicted octanol–water partition coefficient (Wildman–Crippen LogP) is 2.14. The molecule has 1 aromatic heterocycles. The molecule has 4 N–H and O–H groups in total. The van der Waals surface area contributed by atoms with Crippen LogP contribution in [0, 0.1) is 6.92 Å². The first kappa shape index (κ1) is 13.6. The van der Waals surface area contributed by atoms with Crippen LogP contribution in [0.2, 0.25) is 0 Å². The van der Waals surface area contributed by atoms with E-state index in [0.717, 1.165) is 33.8 Å². The highest BCUT2D eigenvalue weighted by Gasteiger charge is 2.32. The molecule has 1 aliphatic rings. The standard InChI is InChI=1S/C14H19N3O2S/c1-9-16-12-7-11(10(15)6-13(12)20-9)17-14(8-18)2-4-19-5-3-14/h6-7,17-18H,2-5,8,15H2,1H3. The van der Waals surface area contributed by atoms with Gasteiger partial charge in [-0.1, -0.05) is 0 Å². The Morgan fingerprint density at radius 1 is 1.45 bits per heavy atom. The van der Waals surface area contributed by atoms with Gasteiger partial charge < -0.3 is 20.9 Å². The lowest BCUT2D eigenvalue weighted by atomic mass is 9.90. The summed E-state index contributed by atoms with van der Waals surface area (Å²) in [6.45, 7) is 3.38. The SMILES string of the molecule is Cc1nc2cc(NC3(CO)CCOCC3)c(N)cc2s1. The number of thiazole rings is 1. The van der Waals surface area contributed by atoms with Gasteiger partial charge in [0.1, 0.15) is 0 Å². The van der Waals surface area contributed by atoms with E-state index in [2.05, 4.69) is 10.3 Å². The van der Waals surface area contributed by atoms with Gasteiger partial charge in [-0.05, 0) is 31.9 Å². The molecule has 3 rings (SSSR count). The van der Waals surface area contributed by atoms with Crippen LogP contribution in [-0.2, 0) is 4.74 Å². The first-order valence-corrected chi connectivity index (χ1v) is 7.57. The summed E-state index contributed by atoms with van der Waals surface area (Å²) >= 11 is 1.64. The molecule has 0 saturated carbocycles. The van der Waals surface area contributed by atoms with Gasteiger partial charge >= 0.3 is 0 Å². The number of aliphatic hydroxyl groups is 1. The lowest BCUT2D eigenvalue weighted by Gasteiger charge is -2.37. The number of ether oxygens (including phenoxy) is 1. The van der Waals surface area contributed by atoms with Crippen LogP contribution in [-0.4, -0.2) is 35.5 Å². The summed E-state index contributed by atoms with van der Waals surface area (Å²) in [7, 11) is 0. The van der Waals surface area contributed by atoms with E-state index in [9.17, 15) is 5.11 Å². The van der Waals surface area contributed by atoms with Crippen LogP contribution in [0.25, 0.3) is 10.2 Å². The molecule has 0 unspecified atom stereocenters. The average Bonchev–Trinajstić information content (AvgIpc) is 2.79. The molecule has 0 aliphatic carbocycles. The number of aryl methyl sites for hydroxylation is 1. The van der Waals surface area contributed by atoms with Gasteiger partial charge in [0.25, 0.3) is 0 Å². The maximum absolute atomic E-state index is 9.74. The van der Waals surface area contributed by atoms with Crippen LogP contribution < -0.4 is 11.1 Å². The van der Waals surface area contributed by atoms with Crippen molar-refractivity contribution in [3.8, 4) is 0 Å². The number of fused-ring (bicyclic) bond motifs is 1. The Labute approximate surface area is 121 Å². The molecule has 1 aromatic carbocycles. The van der Waals surface area contributed by atoms with Crippen LogP contribution in [0.15, 0.2) is 12.1 Å². The summed E-state index contributed by atoms with van der Waals surface area (Å²) in [6, 6.07) is 3.92. The van der Waals surface area contributed by atoms with Crippen LogP contribution in [0.5, 0.6) is 0 Å². The molecule has 0 amide bonds. The van der Waals surface area contributed by atoms with Crippen molar-refractivity contribution in [1.82, 2.24) is 4.98 Å². The third-order valence-corrected chi connectivity index (χ3v) is 4.75. The maximum Gasteiger partial charge on any atom is 0.0907 e. The zero-order valence-electron chi connectivity index (χ0n) is 11.5. The molecule has 1 aliphatic heterocycles. The van der Waals surface area contributed by atoms with Gasteiger partial charge in [-0.15, -0.1) is 11.3 Å². The Morgan fingerprint density at radius 2 is 2.20 bits per heavy atom. The largest absolute Gasteiger partial charge is 0.397 e. The van der Waals surface area contributed by atoms with Crippen molar-refractivity contribution < 1.29 is 9.84 Å². The van der Waals surface area contributed by atoms with E-state index in [0.29, 0.717) is 18.9 Å². The second-order valence-corrected chi connectivity index (χ2v) is 6.55. The fourth-order valence-electron chi connectivity index (χ4n) is 2.58. The van der Waals surface area contributed by atoms with E-state index in [1.165, 1.54) is 0 Å². The zero-order valence-corrected chi connectivity index (χ0v) is 12.3. The molecule has 0 bridgehead atoms. The quantitative estimate of drug-likeness (QED) is 0.756. The normalized spacial score (nSPS) is 18.3. The first-order valence-electron chi connectivity index (χ1n) is 6.75. The van der Waals surface area contributed by atoms with Gasteiger partial charge in [-0.2, -0.15) is 0 Å². The molecular weight excluding hydrogens is 274 g/mol. The van der Waals surface area contributed by atoms with Crippen molar-refractivity contribution >= 4 is 32.9 Å². The van der Waals surface area contributed by atoms with Crippen molar-refractivity contribution in [2.24, 2.45) is 0 Å². The van der Waals surface area contributed by atoms with Crippen molar-refractivity contribution in [2.75, 3.05) is 30.9 Å². The highest BCUT2D eigenvalue weighted by Crippen LogP contribution is 2.33. The summed E-state index contributed by atoms with van der Waals surface area (Å²) in [5.74, 6) is 0. The summed E-state index contributed by atoms with van der Waals surface area (Å²) in [4.78, 5) is 4.49. The lowest BCUT2D eigenvalue weighted by Crippen LogP contribution is -2.47. The molecule has 0 spiro atoms. The molecule has 0 radical (unpaired) electrons. The van der Waals surface area contributed by atoms with Crippen molar-refractivity contribution in [2.45, 2.75) is 25.3 Å². The molecular formula is C14H19N3O2S. The Hall–Kier alpha value is -1.37. The smallest absolute Gasteiger partial charge is 0.0907 e. The highest BCUT2D eigenvalue weighted by molar-refractivity contribution is 7.18. The van der Waals surface area contributed by atoms with Crippen molar-refractivity contribution in [3.05, 3.63) is 17.1 Å². The first-order chi connectivity index (χ1) is 9.62. The number of nitrogens with zero attached hydrogens (tertiary/aromatic N) is 1. The zero-order chi connectivity index (χ0) is 14.2. The molecule has 1 saturated heterocycles. The Kier molecular flexibility index (Phi) is 3.54. The third-order valence-electron chi connectivity index (χ3n) is 3.82. The molecule has 108 valence electrons. The van der Waals surface area contributed by atoms with Gasteiger partial charge in [0.05, 0.1) is 38.7 Å². The average molecular weight is 293 g/mol. The van der Waals surface area contributed by atoms with Gasteiger partial charge in [0, 0.05) is 13.2 Å². The van der Waals surface area contributed by atoms with Gasteiger partial charge in [-0.3, -0.25) is 0 Å². The molecule has 20 heavy (non-hydrogen) atoms. The number of hydrogen-bond donors (Lipinski definition) is 3. The molecule has 2 aromatic rings. The maximum atomic E-state index is 9.74.